The molecule has 0 bridgehead atoms. The van der Waals surface area contributed by atoms with Gasteiger partial charge in [-0.1, -0.05) is 23.7 Å². The number of pyridine rings is 1. The summed E-state index contributed by atoms with van der Waals surface area (Å²) >= 11 is 5.95. The lowest BCUT2D eigenvalue weighted by Crippen LogP contribution is -2.19. The Morgan fingerprint density at radius 1 is 0.973 bits per heavy atom. The van der Waals surface area contributed by atoms with Gasteiger partial charge in [0.15, 0.2) is 0 Å². The number of nitrogens with zero attached hydrogens (tertiary/aromatic N) is 3. The van der Waals surface area contributed by atoms with Crippen LogP contribution in [0.15, 0.2) is 94.9 Å². The van der Waals surface area contributed by atoms with E-state index < -0.39 is 21.4 Å². The molecule has 3 aromatic carbocycles. The number of aromatic nitrogens is 3. The summed E-state index contributed by atoms with van der Waals surface area (Å²) in [5.74, 6) is -0.401. The van der Waals surface area contributed by atoms with Crippen LogP contribution in [0.1, 0.15) is 0 Å². The van der Waals surface area contributed by atoms with Crippen molar-refractivity contribution in [1.29, 1.82) is 0 Å². The average Bonchev–Trinajstić information content (AvgIpc) is 2.89. The summed E-state index contributed by atoms with van der Waals surface area (Å²) in [5.41, 5.74) is 0.935. The van der Waals surface area contributed by atoms with E-state index in [1.54, 1.807) is 30.3 Å². The van der Waals surface area contributed by atoms with Gasteiger partial charge in [-0.3, -0.25) is 9.36 Å². The first-order valence-corrected chi connectivity index (χ1v) is 12.7. The number of sulfonamides is 1. The molecule has 0 saturated carbocycles. The SMILES string of the molecule is COc1cc(-c2ccc(Cl)cc2)c(F)cc1-n1c(=O)ccc2cc(S(=O)(=O)Nc3ncccn3)ccc21. The fourth-order valence-corrected chi connectivity index (χ4v) is 5.02. The summed E-state index contributed by atoms with van der Waals surface area (Å²) in [7, 11) is -2.59. The standard InChI is InChI=1S/C26H18ClFN4O4S/c1-36-24-14-20(16-3-6-18(27)7-4-16)21(28)15-23(24)32-22-9-8-19(13-17(22)5-10-25(32)33)37(34,35)31-26-29-11-2-12-30-26/h2-15H,1H3,(H,29,30,31). The zero-order valence-electron chi connectivity index (χ0n) is 19.2. The van der Waals surface area contributed by atoms with E-state index in [1.165, 1.54) is 66.5 Å². The third kappa shape index (κ3) is 4.76. The van der Waals surface area contributed by atoms with Gasteiger partial charge in [0.1, 0.15) is 11.6 Å². The highest BCUT2D eigenvalue weighted by Crippen LogP contribution is 2.34. The van der Waals surface area contributed by atoms with Gasteiger partial charge in [-0.2, -0.15) is 0 Å². The molecule has 0 spiro atoms. The fourth-order valence-electron chi connectivity index (χ4n) is 3.90. The zero-order chi connectivity index (χ0) is 26.2. The second kappa shape index (κ2) is 9.64. The van der Waals surface area contributed by atoms with Crippen LogP contribution in [0.2, 0.25) is 5.02 Å². The van der Waals surface area contributed by atoms with Crippen LogP contribution in [-0.4, -0.2) is 30.1 Å². The van der Waals surface area contributed by atoms with Crippen LogP contribution in [0.3, 0.4) is 0 Å². The molecule has 0 fully saturated rings. The van der Waals surface area contributed by atoms with Crippen LogP contribution in [-0.2, 0) is 10.0 Å². The number of halogens is 2. The number of benzene rings is 3. The lowest BCUT2D eigenvalue weighted by Gasteiger charge is -2.16. The minimum atomic E-state index is -4.01. The Hall–Kier alpha value is -4.28. The Morgan fingerprint density at radius 3 is 2.41 bits per heavy atom. The highest BCUT2D eigenvalue weighted by Gasteiger charge is 2.19. The number of nitrogens with one attached hydrogen (secondary N) is 1. The number of anilines is 1. The molecular weight excluding hydrogens is 519 g/mol. The van der Waals surface area contributed by atoms with E-state index in [4.69, 9.17) is 16.3 Å². The summed E-state index contributed by atoms with van der Waals surface area (Å²) in [6.07, 6.45) is 2.82. The molecular formula is C26H18ClFN4O4S. The summed E-state index contributed by atoms with van der Waals surface area (Å²) in [6, 6.07) is 17.9. The Balaban J connectivity index is 1.63. The molecule has 8 nitrogen and oxygen atoms in total. The van der Waals surface area contributed by atoms with E-state index >= 15 is 4.39 Å². The zero-order valence-corrected chi connectivity index (χ0v) is 20.8. The van der Waals surface area contributed by atoms with E-state index in [0.29, 0.717) is 21.5 Å². The van der Waals surface area contributed by atoms with E-state index in [-0.39, 0.29) is 27.8 Å². The van der Waals surface area contributed by atoms with Gasteiger partial charge in [0.25, 0.3) is 15.6 Å². The maximum atomic E-state index is 15.3. The minimum absolute atomic E-state index is 0.0612. The van der Waals surface area contributed by atoms with Gasteiger partial charge in [-0.15, -0.1) is 0 Å². The van der Waals surface area contributed by atoms with Gasteiger partial charge in [0, 0.05) is 40.5 Å². The highest BCUT2D eigenvalue weighted by molar-refractivity contribution is 7.92. The molecule has 11 heteroatoms. The lowest BCUT2D eigenvalue weighted by atomic mass is 10.0. The molecule has 37 heavy (non-hydrogen) atoms. The lowest BCUT2D eigenvalue weighted by molar-refractivity contribution is 0.412. The number of hydrogen-bond donors (Lipinski definition) is 1. The molecule has 1 N–H and O–H groups in total. The van der Waals surface area contributed by atoms with Crippen molar-refractivity contribution in [2.24, 2.45) is 0 Å². The number of rotatable bonds is 6. The van der Waals surface area contributed by atoms with Crippen LogP contribution >= 0.6 is 11.6 Å². The van der Waals surface area contributed by atoms with Crippen molar-refractivity contribution in [2.45, 2.75) is 4.90 Å². The Labute approximate surface area is 216 Å². The highest BCUT2D eigenvalue weighted by atomic mass is 35.5. The van der Waals surface area contributed by atoms with Crippen molar-refractivity contribution in [2.75, 3.05) is 11.8 Å². The fraction of sp³-hybridized carbons (Fsp3) is 0.0385. The van der Waals surface area contributed by atoms with Crippen LogP contribution < -0.4 is 15.0 Å². The number of ether oxygens (including phenoxy) is 1. The molecule has 0 saturated heterocycles. The first kappa shape index (κ1) is 24.4. The monoisotopic (exact) mass is 536 g/mol. The molecule has 0 amide bonds. The normalized spacial score (nSPS) is 11.4. The molecule has 0 aliphatic rings. The van der Waals surface area contributed by atoms with E-state index in [9.17, 15) is 13.2 Å². The summed E-state index contributed by atoms with van der Waals surface area (Å²) in [6.45, 7) is 0. The third-order valence-corrected chi connectivity index (χ3v) is 7.21. The van der Waals surface area contributed by atoms with Gasteiger partial charge < -0.3 is 4.74 Å². The maximum Gasteiger partial charge on any atom is 0.264 e. The molecule has 0 unspecified atom stereocenters. The summed E-state index contributed by atoms with van der Waals surface area (Å²) in [5, 5.41) is 0.948. The van der Waals surface area contributed by atoms with Gasteiger partial charge in [-0.05, 0) is 54.1 Å². The first-order chi connectivity index (χ1) is 17.8. The summed E-state index contributed by atoms with van der Waals surface area (Å²) < 4.78 is 50.1. The summed E-state index contributed by atoms with van der Waals surface area (Å²) in [4.78, 5) is 20.6. The average molecular weight is 537 g/mol. The second-order valence-corrected chi connectivity index (χ2v) is 10.0. The van der Waals surface area contributed by atoms with Gasteiger partial charge in [0.2, 0.25) is 5.95 Å². The quantitative estimate of drug-likeness (QED) is 0.326. The Bertz CT molecular complexity index is 1790. The van der Waals surface area contributed by atoms with Crippen LogP contribution in [0.5, 0.6) is 5.75 Å². The minimum Gasteiger partial charge on any atom is -0.495 e. The molecule has 5 rings (SSSR count). The van der Waals surface area contributed by atoms with Gasteiger partial charge >= 0.3 is 0 Å². The van der Waals surface area contributed by atoms with Crippen molar-refractivity contribution in [3.05, 3.63) is 106 Å². The van der Waals surface area contributed by atoms with Crippen molar-refractivity contribution >= 4 is 38.5 Å². The van der Waals surface area contributed by atoms with Crippen LogP contribution in [0, 0.1) is 5.82 Å². The van der Waals surface area contributed by atoms with Crippen molar-refractivity contribution in [3.63, 3.8) is 0 Å². The molecule has 2 aromatic heterocycles. The Morgan fingerprint density at radius 2 is 1.70 bits per heavy atom. The van der Waals surface area contributed by atoms with Crippen molar-refractivity contribution in [3.8, 4) is 22.6 Å². The van der Waals surface area contributed by atoms with Gasteiger partial charge in [0.05, 0.1) is 23.2 Å². The molecule has 0 aliphatic heterocycles. The molecule has 186 valence electrons. The molecule has 5 aromatic rings. The number of methoxy groups -OCH3 is 1. The topological polar surface area (TPSA) is 103 Å². The smallest absolute Gasteiger partial charge is 0.264 e. The maximum absolute atomic E-state index is 15.3. The predicted molar refractivity (Wildman–Crippen MR) is 139 cm³/mol. The first-order valence-electron chi connectivity index (χ1n) is 10.9. The molecule has 0 atom stereocenters. The van der Waals surface area contributed by atoms with E-state index in [0.717, 1.165) is 0 Å². The largest absolute Gasteiger partial charge is 0.495 e. The second-order valence-electron chi connectivity index (χ2n) is 7.92. The molecule has 0 radical (unpaired) electrons. The third-order valence-electron chi connectivity index (χ3n) is 5.63. The van der Waals surface area contributed by atoms with Gasteiger partial charge in [-0.25, -0.2) is 27.5 Å². The van der Waals surface area contributed by atoms with Crippen molar-refractivity contribution < 1.29 is 17.5 Å². The number of fused-ring (bicyclic) bond motifs is 1. The van der Waals surface area contributed by atoms with E-state index in [2.05, 4.69) is 14.7 Å². The molecule has 0 aliphatic carbocycles. The van der Waals surface area contributed by atoms with Crippen LogP contribution in [0.25, 0.3) is 27.7 Å². The van der Waals surface area contributed by atoms with Crippen molar-refractivity contribution in [1.82, 2.24) is 14.5 Å². The van der Waals surface area contributed by atoms with E-state index in [1.807, 2.05) is 0 Å². The molecule has 2 heterocycles. The Kier molecular flexibility index (Phi) is 6.36. The predicted octanol–water partition coefficient (Wildman–Crippen LogP) is 5.05. The number of hydrogen-bond acceptors (Lipinski definition) is 6. The van der Waals surface area contributed by atoms with Crippen LogP contribution in [0.4, 0.5) is 10.3 Å².